The van der Waals surface area contributed by atoms with E-state index in [2.05, 4.69) is 50.5 Å². The van der Waals surface area contributed by atoms with Crippen LogP contribution in [0.1, 0.15) is 58.9 Å². The number of carbonyl (C=O) groups is 1. The largest absolute Gasteiger partial charge is 0.494 e. The van der Waals surface area contributed by atoms with Gasteiger partial charge in [0.1, 0.15) is 11.6 Å². The van der Waals surface area contributed by atoms with Crippen LogP contribution in [0.3, 0.4) is 0 Å². The Morgan fingerprint density at radius 2 is 1.84 bits per heavy atom. The van der Waals surface area contributed by atoms with E-state index in [1.165, 1.54) is 0 Å². The molecular formula is C33H48ClN7O3. The van der Waals surface area contributed by atoms with Gasteiger partial charge in [-0.1, -0.05) is 12.1 Å². The van der Waals surface area contributed by atoms with Crippen molar-refractivity contribution in [1.82, 2.24) is 29.5 Å². The number of benzene rings is 1. The topological polar surface area (TPSA) is 88.9 Å². The van der Waals surface area contributed by atoms with E-state index in [1.54, 1.807) is 7.11 Å². The Labute approximate surface area is 266 Å². The van der Waals surface area contributed by atoms with Gasteiger partial charge in [-0.15, -0.1) is 0 Å². The lowest BCUT2D eigenvalue weighted by Gasteiger charge is -2.41. The van der Waals surface area contributed by atoms with Crippen LogP contribution in [0.15, 0.2) is 30.5 Å². The van der Waals surface area contributed by atoms with Crippen LogP contribution in [0.25, 0.3) is 11.0 Å². The molecule has 5 rings (SSSR count). The third kappa shape index (κ3) is 7.82. The van der Waals surface area contributed by atoms with E-state index in [0.29, 0.717) is 56.8 Å². The number of aromatic nitrogens is 4. The monoisotopic (exact) mass is 625 g/mol. The van der Waals surface area contributed by atoms with Crippen LogP contribution in [0, 0.1) is 11.8 Å². The number of anilines is 1. The lowest BCUT2D eigenvalue weighted by molar-refractivity contribution is -0.137. The first-order valence-electron chi connectivity index (χ1n) is 16.0. The molecule has 1 saturated carbocycles. The van der Waals surface area contributed by atoms with Gasteiger partial charge < -0.3 is 19.3 Å². The van der Waals surface area contributed by atoms with E-state index in [4.69, 9.17) is 21.1 Å². The highest BCUT2D eigenvalue weighted by atomic mass is 35.5. The number of rotatable bonds is 11. The number of carbonyl (C=O) groups excluding carboxylic acids is 1. The molecule has 2 fully saturated rings. The zero-order chi connectivity index (χ0) is 31.3. The second-order valence-electron chi connectivity index (χ2n) is 13.1. The van der Waals surface area contributed by atoms with Crippen molar-refractivity contribution in [1.29, 1.82) is 0 Å². The van der Waals surface area contributed by atoms with Crippen LogP contribution < -0.4 is 9.64 Å². The van der Waals surface area contributed by atoms with Gasteiger partial charge in [-0.05, 0) is 88.6 Å². The number of nitrogens with zero attached hydrogens (tertiary/aromatic N) is 7. The maximum atomic E-state index is 13.5. The van der Waals surface area contributed by atoms with E-state index < -0.39 is 0 Å². The molecule has 11 heteroatoms. The number of piperazine rings is 1. The molecular weight excluding hydrogens is 578 g/mol. The Kier molecular flexibility index (Phi) is 10.6. The van der Waals surface area contributed by atoms with E-state index in [1.807, 2.05) is 42.1 Å². The number of methoxy groups -OCH3 is 1. The summed E-state index contributed by atoms with van der Waals surface area (Å²) in [7, 11) is 1.76. The highest BCUT2D eigenvalue weighted by molar-refractivity contribution is 6.28. The average Bonchev–Trinajstić information content (AvgIpc) is 3.40. The summed E-state index contributed by atoms with van der Waals surface area (Å²) in [5, 5.41) is 5.69. The summed E-state index contributed by atoms with van der Waals surface area (Å²) in [6.07, 6.45) is 5.97. The number of amides is 1. The third-order valence-electron chi connectivity index (χ3n) is 9.07. The number of halogens is 1. The third-order valence-corrected chi connectivity index (χ3v) is 9.24. The first-order chi connectivity index (χ1) is 21.2. The average molecular weight is 626 g/mol. The predicted octanol–water partition coefficient (Wildman–Crippen LogP) is 5.13. The van der Waals surface area contributed by atoms with Gasteiger partial charge >= 0.3 is 0 Å². The zero-order valence-electron chi connectivity index (χ0n) is 27.0. The van der Waals surface area contributed by atoms with Crippen LogP contribution in [0.2, 0.25) is 5.28 Å². The van der Waals surface area contributed by atoms with Gasteiger partial charge in [0.15, 0.2) is 5.65 Å². The first-order valence-corrected chi connectivity index (χ1v) is 16.4. The summed E-state index contributed by atoms with van der Waals surface area (Å²) in [6, 6.07) is 8.00. The Balaban J connectivity index is 1.17. The SMILES string of the molecule is CCOc1cccc(Cn2ncc3c(N4CCN(C(=O)[C@H]5CC[C@H](CN(CCOC)C(C)(C)C)CC5)CC4)nc(Cl)nc32)c1. The molecule has 44 heavy (non-hydrogen) atoms. The number of fused-ring (bicyclic) bond motifs is 1. The molecule has 0 unspecified atom stereocenters. The van der Waals surface area contributed by atoms with Crippen molar-refractivity contribution in [3.05, 3.63) is 41.3 Å². The molecule has 3 heterocycles. The number of ether oxygens (including phenoxy) is 2. The van der Waals surface area contributed by atoms with Gasteiger partial charge in [0.2, 0.25) is 11.2 Å². The van der Waals surface area contributed by atoms with Gasteiger partial charge in [0.05, 0.1) is 31.3 Å². The second kappa shape index (κ2) is 14.4. The first kappa shape index (κ1) is 32.4. The predicted molar refractivity (Wildman–Crippen MR) is 174 cm³/mol. The lowest BCUT2D eigenvalue weighted by atomic mass is 9.80. The summed E-state index contributed by atoms with van der Waals surface area (Å²) in [5.74, 6) is 2.67. The molecule has 0 N–H and O–H groups in total. The maximum absolute atomic E-state index is 13.5. The summed E-state index contributed by atoms with van der Waals surface area (Å²) < 4.78 is 12.9. The van der Waals surface area contributed by atoms with E-state index >= 15 is 0 Å². The molecule has 3 aromatic rings. The zero-order valence-corrected chi connectivity index (χ0v) is 27.7. The summed E-state index contributed by atoms with van der Waals surface area (Å²) >= 11 is 6.43. The Bertz CT molecular complexity index is 1390. The molecule has 0 atom stereocenters. The molecule has 1 amide bonds. The number of hydrogen-bond acceptors (Lipinski definition) is 8. The van der Waals surface area contributed by atoms with Crippen molar-refractivity contribution < 1.29 is 14.3 Å². The fraction of sp³-hybridized carbons (Fsp3) is 0.636. The van der Waals surface area contributed by atoms with Crippen LogP contribution in [0.5, 0.6) is 5.75 Å². The van der Waals surface area contributed by atoms with Crippen molar-refractivity contribution in [3.8, 4) is 5.75 Å². The molecule has 240 valence electrons. The molecule has 0 bridgehead atoms. The summed E-state index contributed by atoms with van der Waals surface area (Å²) in [6.45, 7) is 15.5. The summed E-state index contributed by atoms with van der Waals surface area (Å²) in [5.41, 5.74) is 1.87. The fourth-order valence-corrected chi connectivity index (χ4v) is 6.71. The van der Waals surface area contributed by atoms with Gasteiger partial charge in [-0.25, -0.2) is 4.68 Å². The molecule has 0 spiro atoms. The minimum absolute atomic E-state index is 0.110. The van der Waals surface area contributed by atoms with Crippen molar-refractivity contribution in [2.24, 2.45) is 11.8 Å². The minimum Gasteiger partial charge on any atom is -0.494 e. The van der Waals surface area contributed by atoms with Crippen LogP contribution in [-0.2, 0) is 16.1 Å². The molecule has 1 aromatic carbocycles. The van der Waals surface area contributed by atoms with Crippen LogP contribution in [-0.4, -0.2) is 101 Å². The smallest absolute Gasteiger partial charge is 0.226 e. The Morgan fingerprint density at radius 3 is 2.52 bits per heavy atom. The number of hydrogen-bond donors (Lipinski definition) is 0. The standard InChI is InChI=1S/C33H48ClN7O3/c1-6-44-27-9-7-8-25(20-27)23-41-30-28(21-35-41)29(36-32(34)37-30)38-14-16-39(17-15-38)31(42)26-12-10-24(11-13-26)22-40(18-19-43-5)33(2,3)4/h7-9,20-21,24,26H,6,10-19,22-23H2,1-5H3/t24-,26-. The van der Waals surface area contributed by atoms with E-state index in [0.717, 1.165) is 67.9 Å². The molecule has 0 radical (unpaired) electrons. The normalized spacial score (nSPS) is 19.6. The highest BCUT2D eigenvalue weighted by Crippen LogP contribution is 2.33. The molecule has 2 aromatic heterocycles. The van der Waals surface area contributed by atoms with Gasteiger partial charge in [0.25, 0.3) is 0 Å². The summed E-state index contributed by atoms with van der Waals surface area (Å²) in [4.78, 5) is 29.5. The molecule has 10 nitrogen and oxygen atoms in total. The van der Waals surface area contributed by atoms with Crippen LogP contribution in [0.4, 0.5) is 5.82 Å². The Hall–Kier alpha value is -2.95. The quantitative estimate of drug-likeness (QED) is 0.271. The van der Waals surface area contributed by atoms with E-state index in [9.17, 15) is 4.79 Å². The van der Waals surface area contributed by atoms with Crippen molar-refractivity contribution >= 4 is 34.4 Å². The second-order valence-corrected chi connectivity index (χ2v) is 13.4. The molecule has 1 aliphatic carbocycles. The fourth-order valence-electron chi connectivity index (χ4n) is 6.55. The van der Waals surface area contributed by atoms with Gasteiger partial charge in [0, 0.05) is 57.8 Å². The molecule has 1 aliphatic heterocycles. The minimum atomic E-state index is 0.110. The van der Waals surface area contributed by atoms with Crippen LogP contribution >= 0.6 is 11.6 Å². The molecule has 1 saturated heterocycles. The lowest BCUT2D eigenvalue weighted by Crippen LogP contribution is -2.51. The Morgan fingerprint density at radius 1 is 1.09 bits per heavy atom. The van der Waals surface area contributed by atoms with Crippen molar-refractivity contribution in [2.45, 2.75) is 65.5 Å². The van der Waals surface area contributed by atoms with Crippen molar-refractivity contribution in [2.75, 3.05) is 64.5 Å². The van der Waals surface area contributed by atoms with E-state index in [-0.39, 0.29) is 16.7 Å². The van der Waals surface area contributed by atoms with Crippen molar-refractivity contribution in [3.63, 3.8) is 0 Å². The maximum Gasteiger partial charge on any atom is 0.226 e. The highest BCUT2D eigenvalue weighted by Gasteiger charge is 2.33. The molecule has 2 aliphatic rings. The van der Waals surface area contributed by atoms with Gasteiger partial charge in [-0.2, -0.15) is 15.1 Å². The van der Waals surface area contributed by atoms with Gasteiger partial charge in [-0.3, -0.25) is 9.69 Å².